The average molecular weight is 561 g/mol. The minimum atomic E-state index is -0.115. The van der Waals surface area contributed by atoms with E-state index in [1.54, 1.807) is 6.07 Å². The van der Waals surface area contributed by atoms with Crippen LogP contribution >= 0.6 is 0 Å². The molecule has 0 atom stereocenters. The van der Waals surface area contributed by atoms with E-state index in [0.29, 0.717) is 17.7 Å². The molecule has 1 amide bonds. The lowest BCUT2D eigenvalue weighted by molar-refractivity contribution is 0.0952. The van der Waals surface area contributed by atoms with Crippen LogP contribution in [0.5, 0.6) is 0 Å². The number of carbonyl (C=O) groups excluding carboxylic acids is 1. The Kier molecular flexibility index (Phi) is 8.83. The lowest BCUT2D eigenvalue weighted by Gasteiger charge is -2.37. The second kappa shape index (κ2) is 13.2. The van der Waals surface area contributed by atoms with Crippen LogP contribution in [-0.2, 0) is 6.42 Å². The number of piperazine rings is 1. The van der Waals surface area contributed by atoms with Gasteiger partial charge in [0.1, 0.15) is 0 Å². The number of likely N-dealkylation sites (tertiary alicyclic amines) is 1. The van der Waals surface area contributed by atoms with Crippen LogP contribution in [0.3, 0.4) is 0 Å². The summed E-state index contributed by atoms with van der Waals surface area (Å²) < 4.78 is 0. The summed E-state index contributed by atoms with van der Waals surface area (Å²) in [6, 6.07) is 24.7. The highest BCUT2D eigenvalue weighted by atomic mass is 16.1. The maximum atomic E-state index is 13.1. The van der Waals surface area contributed by atoms with Gasteiger partial charge in [0.05, 0.1) is 11.6 Å². The maximum Gasteiger partial charge on any atom is 0.251 e. The summed E-state index contributed by atoms with van der Waals surface area (Å²) in [5, 5.41) is 14.2. The van der Waals surface area contributed by atoms with Gasteiger partial charge < -0.3 is 20.1 Å². The van der Waals surface area contributed by atoms with Gasteiger partial charge in [-0.1, -0.05) is 36.4 Å². The van der Waals surface area contributed by atoms with Crippen LogP contribution in [0, 0.1) is 11.3 Å². The number of H-pyrrole nitrogens is 1. The van der Waals surface area contributed by atoms with Crippen LogP contribution in [0.25, 0.3) is 22.0 Å². The summed E-state index contributed by atoms with van der Waals surface area (Å²) in [5.74, 6) is -0.115. The van der Waals surface area contributed by atoms with E-state index in [1.165, 1.54) is 42.4 Å². The molecule has 42 heavy (non-hydrogen) atoms. The maximum absolute atomic E-state index is 13.1. The number of hydrogen-bond donors (Lipinski definition) is 2. The fourth-order valence-corrected chi connectivity index (χ4v) is 6.41. The van der Waals surface area contributed by atoms with Crippen LogP contribution < -0.4 is 10.2 Å². The zero-order chi connectivity index (χ0) is 28.7. The third-order valence-electron chi connectivity index (χ3n) is 8.76. The van der Waals surface area contributed by atoms with Gasteiger partial charge in [0.15, 0.2) is 0 Å². The van der Waals surface area contributed by atoms with E-state index in [0.717, 1.165) is 68.9 Å². The number of fused-ring (bicyclic) bond motifs is 1. The molecule has 2 N–H and O–H groups in total. The molecule has 4 aromatic rings. The molecular weight excluding hydrogens is 520 g/mol. The van der Waals surface area contributed by atoms with E-state index in [-0.39, 0.29) is 5.91 Å². The van der Waals surface area contributed by atoms with E-state index >= 15 is 0 Å². The highest BCUT2D eigenvalue weighted by Crippen LogP contribution is 2.33. The number of anilines is 1. The Morgan fingerprint density at radius 3 is 2.48 bits per heavy atom. The molecule has 0 aliphatic carbocycles. The zero-order valence-corrected chi connectivity index (χ0v) is 24.3. The summed E-state index contributed by atoms with van der Waals surface area (Å²) in [6.45, 7) is 8.91. The largest absolute Gasteiger partial charge is 0.368 e. The molecule has 216 valence electrons. The summed E-state index contributed by atoms with van der Waals surface area (Å²) in [6.07, 6.45) is 6.67. The summed E-state index contributed by atoms with van der Waals surface area (Å²) in [7, 11) is 0. The first-order valence-corrected chi connectivity index (χ1v) is 15.4. The molecule has 2 aliphatic heterocycles. The first-order chi connectivity index (χ1) is 20.7. The number of aromatic amines is 1. The van der Waals surface area contributed by atoms with E-state index in [1.807, 2.05) is 18.2 Å². The van der Waals surface area contributed by atoms with E-state index in [4.69, 9.17) is 0 Å². The first kappa shape index (κ1) is 28.0. The van der Waals surface area contributed by atoms with E-state index < -0.39 is 0 Å². The summed E-state index contributed by atoms with van der Waals surface area (Å²) in [4.78, 5) is 23.9. The quantitative estimate of drug-likeness (QED) is 0.258. The topological polar surface area (TPSA) is 78.4 Å². The first-order valence-electron chi connectivity index (χ1n) is 15.4. The number of nitriles is 1. The molecule has 3 aromatic carbocycles. The molecule has 7 nitrogen and oxygen atoms in total. The standard InChI is InChI=1S/C35H40N6O/c36-25-27-22-29(24-30(23-27)35(42)37-13-7-16-39-14-5-6-15-39)32-9-2-4-11-34(32)41-20-18-40(19-21-41)17-12-28-26-38-33-10-3-1-8-31(28)33/h1-4,8-11,22-24,26,38H,5-7,12-21H2,(H,37,42). The molecule has 0 bridgehead atoms. The van der Waals surface area contributed by atoms with Crippen molar-refractivity contribution in [2.45, 2.75) is 25.7 Å². The fraction of sp³-hybridized carbons (Fsp3) is 0.371. The number of benzene rings is 3. The number of rotatable bonds is 10. The Bertz CT molecular complexity index is 1560. The highest BCUT2D eigenvalue weighted by Gasteiger charge is 2.21. The molecule has 2 aliphatic rings. The van der Waals surface area contributed by atoms with Gasteiger partial charge in [0, 0.05) is 73.2 Å². The van der Waals surface area contributed by atoms with Crippen molar-refractivity contribution in [2.75, 3.05) is 63.8 Å². The Morgan fingerprint density at radius 2 is 1.64 bits per heavy atom. The number of aromatic nitrogens is 1. The second-order valence-corrected chi connectivity index (χ2v) is 11.5. The van der Waals surface area contributed by atoms with Gasteiger partial charge in [-0.2, -0.15) is 5.26 Å². The van der Waals surface area contributed by atoms with Crippen LogP contribution in [0.4, 0.5) is 5.69 Å². The van der Waals surface area contributed by atoms with Gasteiger partial charge in [0.2, 0.25) is 0 Å². The number of hydrogen-bond acceptors (Lipinski definition) is 5. The van der Waals surface area contributed by atoms with Gasteiger partial charge in [-0.05, 0) is 86.8 Å². The molecule has 0 saturated carbocycles. The van der Waals surface area contributed by atoms with Gasteiger partial charge in [-0.25, -0.2) is 0 Å². The van der Waals surface area contributed by atoms with Crippen molar-refractivity contribution in [3.05, 3.63) is 89.6 Å². The molecule has 1 aromatic heterocycles. The molecule has 0 unspecified atom stereocenters. The van der Waals surface area contributed by atoms with Gasteiger partial charge >= 0.3 is 0 Å². The molecule has 2 saturated heterocycles. The molecule has 2 fully saturated rings. The Balaban J connectivity index is 1.09. The second-order valence-electron chi connectivity index (χ2n) is 11.5. The van der Waals surface area contributed by atoms with Gasteiger partial charge in [-0.15, -0.1) is 0 Å². The minimum Gasteiger partial charge on any atom is -0.368 e. The predicted molar refractivity (Wildman–Crippen MR) is 170 cm³/mol. The molecule has 3 heterocycles. The molecule has 0 spiro atoms. The third-order valence-corrected chi connectivity index (χ3v) is 8.76. The van der Waals surface area contributed by atoms with Crippen LogP contribution in [0.2, 0.25) is 0 Å². The SMILES string of the molecule is N#Cc1cc(C(=O)NCCCN2CCCC2)cc(-c2ccccc2N2CCN(CCc3c[nH]c4ccccc34)CC2)c1. The van der Waals surface area contributed by atoms with Crippen molar-refractivity contribution < 1.29 is 4.79 Å². The Labute approximate surface area is 248 Å². The monoisotopic (exact) mass is 560 g/mol. The lowest BCUT2D eigenvalue weighted by atomic mass is 9.97. The average Bonchev–Trinajstić information content (AvgIpc) is 3.72. The Morgan fingerprint density at radius 1 is 0.881 bits per heavy atom. The number of nitrogens with one attached hydrogen (secondary N) is 2. The van der Waals surface area contributed by atoms with Crippen molar-refractivity contribution in [2.24, 2.45) is 0 Å². The molecule has 6 rings (SSSR count). The van der Waals surface area contributed by atoms with Crippen LogP contribution in [0.1, 0.15) is 40.7 Å². The minimum absolute atomic E-state index is 0.115. The van der Waals surface area contributed by atoms with Crippen molar-refractivity contribution in [1.29, 1.82) is 5.26 Å². The third kappa shape index (κ3) is 6.51. The predicted octanol–water partition coefficient (Wildman–Crippen LogP) is 5.29. The fourth-order valence-electron chi connectivity index (χ4n) is 6.41. The lowest BCUT2D eigenvalue weighted by Crippen LogP contribution is -2.47. The zero-order valence-electron chi connectivity index (χ0n) is 24.3. The number of nitrogens with zero attached hydrogens (tertiary/aromatic N) is 4. The number of carbonyl (C=O) groups is 1. The number of para-hydroxylation sites is 2. The summed E-state index contributed by atoms with van der Waals surface area (Å²) in [5.41, 5.74) is 6.75. The van der Waals surface area contributed by atoms with E-state index in [2.05, 4.69) is 79.7 Å². The molecular formula is C35H40N6O. The van der Waals surface area contributed by atoms with Gasteiger partial charge in [-0.3, -0.25) is 9.69 Å². The summed E-state index contributed by atoms with van der Waals surface area (Å²) >= 11 is 0. The van der Waals surface area contributed by atoms with E-state index in [9.17, 15) is 10.1 Å². The van der Waals surface area contributed by atoms with Crippen molar-refractivity contribution in [3.63, 3.8) is 0 Å². The number of amides is 1. The molecule has 0 radical (unpaired) electrons. The smallest absolute Gasteiger partial charge is 0.251 e. The van der Waals surface area contributed by atoms with Crippen molar-refractivity contribution >= 4 is 22.5 Å². The van der Waals surface area contributed by atoms with Crippen LogP contribution in [-0.4, -0.2) is 79.6 Å². The van der Waals surface area contributed by atoms with Crippen LogP contribution in [0.15, 0.2) is 72.9 Å². The van der Waals surface area contributed by atoms with Crippen molar-refractivity contribution in [3.8, 4) is 17.2 Å². The highest BCUT2D eigenvalue weighted by molar-refractivity contribution is 5.96. The molecule has 7 heteroatoms. The Hall–Kier alpha value is -4.12. The normalized spacial score (nSPS) is 16.1. The van der Waals surface area contributed by atoms with Crippen molar-refractivity contribution in [1.82, 2.24) is 20.1 Å². The van der Waals surface area contributed by atoms with Gasteiger partial charge in [0.25, 0.3) is 5.91 Å².